The second-order valence-corrected chi connectivity index (χ2v) is 4.56. The summed E-state index contributed by atoms with van der Waals surface area (Å²) >= 11 is 0.875. The van der Waals surface area contributed by atoms with Gasteiger partial charge in [-0.25, -0.2) is 4.79 Å². The lowest BCUT2D eigenvalue weighted by Crippen LogP contribution is -2.21. The largest absolute Gasteiger partial charge is 0.460 e. The van der Waals surface area contributed by atoms with E-state index in [-0.39, 0.29) is 11.5 Å². The molecule has 1 heterocycles. The van der Waals surface area contributed by atoms with Gasteiger partial charge in [0.2, 0.25) is 0 Å². The molecule has 1 aromatic rings. The highest BCUT2D eigenvalue weighted by molar-refractivity contribution is 7.14. The SMILES string of the molecule is CCOC(=O)C(=O)c1ccc(C(O)C(O)CO)s1. The number of carbonyl (C=O) groups is 2. The van der Waals surface area contributed by atoms with Crippen LogP contribution in [0.4, 0.5) is 0 Å². The number of aliphatic hydroxyl groups is 3. The summed E-state index contributed by atoms with van der Waals surface area (Å²) in [5.74, 6) is -1.75. The highest BCUT2D eigenvalue weighted by atomic mass is 32.1. The molecule has 18 heavy (non-hydrogen) atoms. The third-order valence-corrected chi connectivity index (χ3v) is 3.31. The summed E-state index contributed by atoms with van der Waals surface area (Å²) in [5, 5.41) is 27.5. The van der Waals surface area contributed by atoms with Gasteiger partial charge in [-0.15, -0.1) is 11.3 Å². The van der Waals surface area contributed by atoms with Crippen LogP contribution in [0.2, 0.25) is 0 Å². The lowest BCUT2D eigenvalue weighted by atomic mass is 10.2. The minimum Gasteiger partial charge on any atom is -0.460 e. The molecule has 0 bridgehead atoms. The Bertz CT molecular complexity index is 427. The lowest BCUT2D eigenvalue weighted by Gasteiger charge is -2.13. The van der Waals surface area contributed by atoms with E-state index in [0.717, 1.165) is 11.3 Å². The number of carbonyl (C=O) groups excluding carboxylic acids is 2. The van der Waals surface area contributed by atoms with E-state index in [0.29, 0.717) is 4.88 Å². The Labute approximate surface area is 107 Å². The molecule has 7 heteroatoms. The number of thiophene rings is 1. The zero-order chi connectivity index (χ0) is 13.7. The van der Waals surface area contributed by atoms with Crippen LogP contribution < -0.4 is 0 Å². The smallest absolute Gasteiger partial charge is 0.380 e. The van der Waals surface area contributed by atoms with Crippen molar-refractivity contribution in [1.29, 1.82) is 0 Å². The van der Waals surface area contributed by atoms with Gasteiger partial charge in [-0.3, -0.25) is 4.79 Å². The Balaban J connectivity index is 2.80. The van der Waals surface area contributed by atoms with Crippen molar-refractivity contribution in [2.75, 3.05) is 13.2 Å². The summed E-state index contributed by atoms with van der Waals surface area (Å²) in [6, 6.07) is 2.78. The number of ketones is 1. The molecule has 0 aliphatic rings. The third kappa shape index (κ3) is 3.36. The topological polar surface area (TPSA) is 104 Å². The molecule has 0 radical (unpaired) electrons. The second-order valence-electron chi connectivity index (χ2n) is 3.45. The van der Waals surface area contributed by atoms with Gasteiger partial charge in [-0.2, -0.15) is 0 Å². The fourth-order valence-corrected chi connectivity index (χ4v) is 2.20. The van der Waals surface area contributed by atoms with Crippen molar-refractivity contribution >= 4 is 23.1 Å². The van der Waals surface area contributed by atoms with E-state index in [1.807, 2.05) is 0 Å². The van der Waals surface area contributed by atoms with Gasteiger partial charge in [0, 0.05) is 4.88 Å². The van der Waals surface area contributed by atoms with Crippen LogP contribution in [-0.2, 0) is 9.53 Å². The molecule has 0 fully saturated rings. The Morgan fingerprint density at radius 2 is 2.06 bits per heavy atom. The molecule has 2 atom stereocenters. The van der Waals surface area contributed by atoms with Crippen molar-refractivity contribution in [2.24, 2.45) is 0 Å². The maximum Gasteiger partial charge on any atom is 0.380 e. The molecule has 1 rings (SSSR count). The summed E-state index contributed by atoms with van der Waals surface area (Å²) in [5.41, 5.74) is 0. The molecule has 100 valence electrons. The van der Waals surface area contributed by atoms with Crippen molar-refractivity contribution in [2.45, 2.75) is 19.1 Å². The van der Waals surface area contributed by atoms with Crippen LogP contribution >= 0.6 is 11.3 Å². The first kappa shape index (κ1) is 14.8. The summed E-state index contributed by atoms with van der Waals surface area (Å²) < 4.78 is 4.56. The molecule has 0 aromatic carbocycles. The fraction of sp³-hybridized carbons (Fsp3) is 0.455. The normalized spacial score (nSPS) is 14.0. The summed E-state index contributed by atoms with van der Waals surface area (Å²) in [6.07, 6.45) is -2.61. The van der Waals surface area contributed by atoms with Crippen LogP contribution in [0.1, 0.15) is 27.6 Å². The third-order valence-electron chi connectivity index (χ3n) is 2.15. The van der Waals surface area contributed by atoms with Crippen LogP contribution in [-0.4, -0.2) is 46.4 Å². The molecule has 6 nitrogen and oxygen atoms in total. The van der Waals surface area contributed by atoms with Crippen molar-refractivity contribution in [3.63, 3.8) is 0 Å². The number of ether oxygens (including phenoxy) is 1. The van der Waals surface area contributed by atoms with E-state index in [1.54, 1.807) is 6.92 Å². The fourth-order valence-electron chi connectivity index (χ4n) is 1.22. The van der Waals surface area contributed by atoms with Crippen LogP contribution in [0.15, 0.2) is 12.1 Å². The molecule has 0 spiro atoms. The zero-order valence-corrected chi connectivity index (χ0v) is 10.5. The summed E-state index contributed by atoms with van der Waals surface area (Å²) in [4.78, 5) is 23.2. The molecule has 0 aliphatic heterocycles. The molecular weight excluding hydrogens is 260 g/mol. The van der Waals surface area contributed by atoms with E-state index in [4.69, 9.17) is 5.11 Å². The van der Waals surface area contributed by atoms with Crippen LogP contribution in [0.3, 0.4) is 0 Å². The van der Waals surface area contributed by atoms with Crippen molar-refractivity contribution in [3.05, 3.63) is 21.9 Å². The van der Waals surface area contributed by atoms with Crippen LogP contribution in [0.5, 0.6) is 0 Å². The van der Waals surface area contributed by atoms with E-state index in [1.165, 1.54) is 12.1 Å². The average molecular weight is 274 g/mol. The summed E-state index contributed by atoms with van der Waals surface area (Å²) in [6.45, 7) is 1.10. The van der Waals surface area contributed by atoms with Gasteiger partial charge < -0.3 is 20.1 Å². The van der Waals surface area contributed by atoms with Crippen molar-refractivity contribution < 1.29 is 29.6 Å². The first-order chi connectivity index (χ1) is 8.51. The first-order valence-electron chi connectivity index (χ1n) is 5.29. The van der Waals surface area contributed by atoms with Gasteiger partial charge in [0.05, 0.1) is 18.1 Å². The molecule has 2 unspecified atom stereocenters. The Hall–Kier alpha value is -1.28. The number of hydrogen-bond acceptors (Lipinski definition) is 7. The monoisotopic (exact) mass is 274 g/mol. The van der Waals surface area contributed by atoms with E-state index < -0.39 is 30.6 Å². The standard InChI is InChI=1S/C11H14O6S/c1-2-17-11(16)10(15)8-4-3-7(18-8)9(14)6(13)5-12/h3-4,6,9,12-14H,2,5H2,1H3. The molecule has 0 amide bonds. The Morgan fingerprint density at radius 1 is 1.39 bits per heavy atom. The van der Waals surface area contributed by atoms with Crippen molar-refractivity contribution in [3.8, 4) is 0 Å². The highest BCUT2D eigenvalue weighted by Crippen LogP contribution is 2.26. The molecule has 0 saturated carbocycles. The van der Waals surface area contributed by atoms with E-state index in [2.05, 4.69) is 4.74 Å². The van der Waals surface area contributed by atoms with Gasteiger partial charge in [-0.1, -0.05) is 0 Å². The zero-order valence-electron chi connectivity index (χ0n) is 9.70. The predicted molar refractivity (Wildman–Crippen MR) is 63.3 cm³/mol. The maximum atomic E-state index is 11.6. The van der Waals surface area contributed by atoms with Crippen LogP contribution in [0.25, 0.3) is 0 Å². The molecule has 0 aliphatic carbocycles. The van der Waals surface area contributed by atoms with E-state index in [9.17, 15) is 19.8 Å². The minimum absolute atomic E-state index is 0.106. The van der Waals surface area contributed by atoms with Gasteiger partial charge in [0.25, 0.3) is 5.78 Å². The second kappa shape index (κ2) is 6.60. The number of rotatable bonds is 6. The van der Waals surface area contributed by atoms with Gasteiger partial charge >= 0.3 is 5.97 Å². The minimum atomic E-state index is -1.32. The summed E-state index contributed by atoms with van der Waals surface area (Å²) in [7, 11) is 0. The van der Waals surface area contributed by atoms with Gasteiger partial charge in [0.15, 0.2) is 0 Å². The van der Waals surface area contributed by atoms with Crippen LogP contribution in [0, 0.1) is 0 Å². The number of hydrogen-bond donors (Lipinski definition) is 3. The Morgan fingerprint density at radius 3 is 2.61 bits per heavy atom. The highest BCUT2D eigenvalue weighted by Gasteiger charge is 2.24. The van der Waals surface area contributed by atoms with Gasteiger partial charge in [0.1, 0.15) is 12.2 Å². The predicted octanol–water partition coefficient (Wildman–Crippen LogP) is -0.119. The number of esters is 1. The number of aliphatic hydroxyl groups excluding tert-OH is 3. The molecule has 1 aromatic heterocycles. The molecular formula is C11H14O6S. The van der Waals surface area contributed by atoms with Gasteiger partial charge in [-0.05, 0) is 19.1 Å². The lowest BCUT2D eigenvalue weighted by molar-refractivity contribution is -0.137. The van der Waals surface area contributed by atoms with E-state index >= 15 is 0 Å². The quantitative estimate of drug-likeness (QED) is 0.379. The number of Topliss-reactive ketones (excluding diaryl/α,β-unsaturated/α-hetero) is 1. The first-order valence-corrected chi connectivity index (χ1v) is 6.11. The molecule has 0 saturated heterocycles. The Kier molecular flexibility index (Phi) is 5.42. The average Bonchev–Trinajstić information content (AvgIpc) is 2.85. The maximum absolute atomic E-state index is 11.6. The molecule has 3 N–H and O–H groups in total. The van der Waals surface area contributed by atoms with Crippen molar-refractivity contribution in [1.82, 2.24) is 0 Å².